The zero-order chi connectivity index (χ0) is 30.0. The van der Waals surface area contributed by atoms with Gasteiger partial charge in [-0.3, -0.25) is 14.4 Å². The number of likely N-dealkylation sites (N-methyl/N-ethyl adjacent to an activating group) is 1. The third-order valence-electron chi connectivity index (χ3n) is 9.31. The molecule has 1 aromatic carbocycles. The van der Waals surface area contributed by atoms with E-state index in [2.05, 4.69) is 34.6 Å². The Morgan fingerprint density at radius 1 is 0.951 bits per heavy atom. The molecule has 3 amide bonds. The van der Waals surface area contributed by atoms with E-state index in [4.69, 9.17) is 4.74 Å². The van der Waals surface area contributed by atoms with Crippen molar-refractivity contribution in [3.8, 4) is 0 Å². The first-order valence-corrected chi connectivity index (χ1v) is 14.7. The van der Waals surface area contributed by atoms with E-state index in [1.54, 1.807) is 16.8 Å². The summed E-state index contributed by atoms with van der Waals surface area (Å²) in [4.78, 5) is 48.4. The second-order valence-electron chi connectivity index (χ2n) is 14.3. The highest BCUT2D eigenvalue weighted by molar-refractivity contribution is 6.00. The van der Waals surface area contributed by atoms with Crippen LogP contribution in [0.4, 0.5) is 0 Å². The molecule has 0 saturated carbocycles. The molecule has 8 nitrogen and oxygen atoms in total. The smallest absolute Gasteiger partial charge is 0.249 e. The third kappa shape index (κ3) is 4.83. The second-order valence-corrected chi connectivity index (χ2v) is 14.3. The predicted octanol–water partition coefficient (Wildman–Crippen LogP) is 3.20. The SMILES string of the molecule is CN1CC=C[C@]2(C)O[C@]34C=CCN(C(C)(C)CC(C)(C)C)C(=O)C3N([C@@H](CO)Cc3ccccc3)C(=O)[C@@H]4[C@@H]2C1=O. The number of hydrogen-bond acceptors (Lipinski definition) is 5. The lowest BCUT2D eigenvalue weighted by atomic mass is 9.74. The van der Waals surface area contributed by atoms with Crippen molar-refractivity contribution in [1.29, 1.82) is 0 Å². The van der Waals surface area contributed by atoms with Crippen LogP contribution in [0.5, 0.6) is 0 Å². The molecule has 2 saturated heterocycles. The summed E-state index contributed by atoms with van der Waals surface area (Å²) in [5.74, 6) is -2.40. The predicted molar refractivity (Wildman–Crippen MR) is 157 cm³/mol. The molecule has 41 heavy (non-hydrogen) atoms. The van der Waals surface area contributed by atoms with E-state index in [-0.39, 0.29) is 29.7 Å². The van der Waals surface area contributed by atoms with Crippen LogP contribution in [-0.2, 0) is 25.5 Å². The van der Waals surface area contributed by atoms with Crippen molar-refractivity contribution >= 4 is 17.7 Å². The highest BCUT2D eigenvalue weighted by atomic mass is 16.5. The van der Waals surface area contributed by atoms with E-state index in [1.165, 1.54) is 0 Å². The molecule has 1 N–H and O–H groups in total. The van der Waals surface area contributed by atoms with E-state index in [1.807, 2.05) is 66.5 Å². The number of carbonyl (C=O) groups is 3. The molecule has 4 aliphatic rings. The molecule has 8 heteroatoms. The fraction of sp³-hybridized carbons (Fsp3) is 0.606. The van der Waals surface area contributed by atoms with Gasteiger partial charge in [0.05, 0.1) is 30.1 Å². The van der Waals surface area contributed by atoms with Crippen LogP contribution >= 0.6 is 0 Å². The Morgan fingerprint density at radius 2 is 1.61 bits per heavy atom. The van der Waals surface area contributed by atoms with Crippen LogP contribution in [0.3, 0.4) is 0 Å². The van der Waals surface area contributed by atoms with E-state index < -0.39 is 40.7 Å². The third-order valence-corrected chi connectivity index (χ3v) is 9.31. The molecule has 5 rings (SSSR count). The first-order chi connectivity index (χ1) is 19.2. The number of fused-ring (bicyclic) bond motifs is 2. The summed E-state index contributed by atoms with van der Waals surface area (Å²) in [6.07, 6.45) is 8.73. The molecule has 0 aromatic heterocycles. The molecule has 4 aliphatic heterocycles. The Bertz CT molecular complexity index is 1270. The van der Waals surface area contributed by atoms with Crippen LogP contribution in [0.1, 0.15) is 53.5 Å². The highest BCUT2D eigenvalue weighted by Crippen LogP contribution is 2.58. The number of rotatable bonds is 6. The Balaban J connectivity index is 1.66. The molecular weight excluding hydrogens is 518 g/mol. The summed E-state index contributed by atoms with van der Waals surface area (Å²) < 4.78 is 6.91. The van der Waals surface area contributed by atoms with Gasteiger partial charge in [-0.2, -0.15) is 0 Å². The second kappa shape index (κ2) is 10.1. The van der Waals surface area contributed by atoms with Gasteiger partial charge >= 0.3 is 0 Å². The van der Waals surface area contributed by atoms with Gasteiger partial charge in [-0.15, -0.1) is 0 Å². The topological polar surface area (TPSA) is 90.4 Å². The molecule has 1 spiro atoms. The molecule has 6 atom stereocenters. The van der Waals surface area contributed by atoms with Crippen molar-refractivity contribution in [3.05, 3.63) is 60.2 Å². The van der Waals surface area contributed by atoms with Gasteiger partial charge in [0.15, 0.2) is 0 Å². The van der Waals surface area contributed by atoms with Crippen LogP contribution in [0.25, 0.3) is 0 Å². The molecule has 1 aromatic rings. The van der Waals surface area contributed by atoms with Gasteiger partial charge in [0, 0.05) is 25.7 Å². The Kier molecular flexibility index (Phi) is 7.26. The van der Waals surface area contributed by atoms with Crippen LogP contribution in [0, 0.1) is 17.3 Å². The quantitative estimate of drug-likeness (QED) is 0.537. The van der Waals surface area contributed by atoms with Crippen LogP contribution in [0.2, 0.25) is 0 Å². The number of likely N-dealkylation sites (tertiary alicyclic amines) is 1. The fourth-order valence-corrected chi connectivity index (χ4v) is 8.05. The molecular formula is C33H45N3O5. The van der Waals surface area contributed by atoms with E-state index >= 15 is 0 Å². The first-order valence-electron chi connectivity index (χ1n) is 14.7. The minimum Gasteiger partial charge on any atom is -0.394 e. The Labute approximate surface area is 244 Å². The van der Waals surface area contributed by atoms with Crippen LogP contribution < -0.4 is 0 Å². The summed E-state index contributed by atoms with van der Waals surface area (Å²) in [5, 5.41) is 10.7. The van der Waals surface area contributed by atoms with E-state index in [9.17, 15) is 19.5 Å². The summed E-state index contributed by atoms with van der Waals surface area (Å²) in [6.45, 7) is 12.9. The first kappa shape index (κ1) is 29.5. The maximum atomic E-state index is 14.9. The number of aliphatic hydroxyl groups is 1. The molecule has 2 fully saturated rings. The highest BCUT2D eigenvalue weighted by Gasteiger charge is 2.75. The number of amides is 3. The average molecular weight is 564 g/mol. The normalized spacial score (nSPS) is 32.5. The van der Waals surface area contributed by atoms with Crippen molar-refractivity contribution in [3.63, 3.8) is 0 Å². The summed E-state index contributed by atoms with van der Waals surface area (Å²) in [7, 11) is 1.73. The average Bonchev–Trinajstić information content (AvgIpc) is 3.16. The lowest BCUT2D eigenvalue weighted by molar-refractivity contribution is -0.159. The van der Waals surface area contributed by atoms with Crippen molar-refractivity contribution < 1.29 is 24.2 Å². The number of nitrogens with zero attached hydrogens (tertiary/aromatic N) is 3. The van der Waals surface area contributed by atoms with Gasteiger partial charge in [-0.1, -0.05) is 75.4 Å². The van der Waals surface area contributed by atoms with Crippen LogP contribution in [0.15, 0.2) is 54.6 Å². The molecule has 4 heterocycles. The fourth-order valence-electron chi connectivity index (χ4n) is 8.05. The van der Waals surface area contributed by atoms with Gasteiger partial charge in [0.2, 0.25) is 17.7 Å². The largest absolute Gasteiger partial charge is 0.394 e. The summed E-state index contributed by atoms with van der Waals surface area (Å²) in [6, 6.07) is 7.98. The molecule has 222 valence electrons. The number of ether oxygens (including phenoxy) is 1. The van der Waals surface area contributed by atoms with Crippen LogP contribution in [-0.4, -0.2) is 93.1 Å². The molecule has 0 bridgehead atoms. The maximum absolute atomic E-state index is 14.9. The number of hydrogen-bond donors (Lipinski definition) is 1. The van der Waals surface area contributed by atoms with Crippen molar-refractivity contribution in [2.75, 3.05) is 26.7 Å². The monoisotopic (exact) mass is 563 g/mol. The zero-order valence-electron chi connectivity index (χ0n) is 25.5. The molecule has 0 radical (unpaired) electrons. The van der Waals surface area contributed by atoms with Crippen molar-refractivity contribution in [2.45, 2.75) is 83.2 Å². The van der Waals surface area contributed by atoms with E-state index in [0.29, 0.717) is 19.5 Å². The van der Waals surface area contributed by atoms with Gasteiger partial charge in [0.1, 0.15) is 11.6 Å². The van der Waals surface area contributed by atoms with Gasteiger partial charge < -0.3 is 24.5 Å². The summed E-state index contributed by atoms with van der Waals surface area (Å²) in [5.41, 5.74) is -2.01. The number of aliphatic hydroxyl groups excluding tert-OH is 1. The zero-order valence-corrected chi connectivity index (χ0v) is 25.5. The maximum Gasteiger partial charge on any atom is 0.249 e. The lowest BCUT2D eigenvalue weighted by Crippen LogP contribution is -2.62. The minimum atomic E-state index is -1.34. The molecule has 0 aliphatic carbocycles. The van der Waals surface area contributed by atoms with Gasteiger partial charge in [0.25, 0.3) is 0 Å². The van der Waals surface area contributed by atoms with Gasteiger partial charge in [-0.25, -0.2) is 0 Å². The summed E-state index contributed by atoms with van der Waals surface area (Å²) >= 11 is 0. The standard InChI is InChI=1S/C33H45N3O5/c1-30(2,3)21-31(4,5)35-18-12-16-33-25(24-27(38)34(7)17-11-15-32(24,6)41-33)28(39)36(26(33)29(35)40)23(20-37)19-22-13-9-8-10-14-22/h8-16,23-26,37H,17-21H2,1-7H3/t23-,24-,25+,26?,32+,33+/m1/s1. The lowest BCUT2D eigenvalue weighted by Gasteiger charge is -2.45. The van der Waals surface area contributed by atoms with Gasteiger partial charge in [-0.05, 0) is 44.6 Å². The van der Waals surface area contributed by atoms with Crippen molar-refractivity contribution in [2.24, 2.45) is 17.3 Å². The Morgan fingerprint density at radius 3 is 2.24 bits per heavy atom. The number of carbonyl (C=O) groups excluding carboxylic acids is 3. The van der Waals surface area contributed by atoms with Crippen molar-refractivity contribution in [1.82, 2.24) is 14.7 Å². The molecule has 1 unspecified atom stereocenters. The minimum absolute atomic E-state index is 0.0432. The van der Waals surface area contributed by atoms with E-state index in [0.717, 1.165) is 12.0 Å². The number of benzene rings is 1. The Hall–Kier alpha value is -2.97.